The van der Waals surface area contributed by atoms with E-state index in [2.05, 4.69) is 15.4 Å². The molecule has 6 nitrogen and oxygen atoms in total. The molecule has 0 radical (unpaired) electrons. The summed E-state index contributed by atoms with van der Waals surface area (Å²) in [4.78, 5) is 15.6. The molecular formula is C18H15F3N4O2. The molecule has 0 amide bonds. The number of aryl methyl sites for hydroxylation is 1. The molecule has 0 spiro atoms. The van der Waals surface area contributed by atoms with Gasteiger partial charge in [0, 0.05) is 36.3 Å². The summed E-state index contributed by atoms with van der Waals surface area (Å²) in [5.41, 5.74) is 1.41. The Morgan fingerprint density at radius 1 is 1.19 bits per heavy atom. The first-order chi connectivity index (χ1) is 12.8. The number of nitrogens with zero attached hydrogens (tertiary/aromatic N) is 3. The third kappa shape index (κ3) is 4.08. The number of hydrogen-bond acceptors (Lipinski definition) is 5. The monoisotopic (exact) mass is 376 g/mol. The van der Waals surface area contributed by atoms with Gasteiger partial charge in [-0.1, -0.05) is 0 Å². The van der Waals surface area contributed by atoms with Crippen LogP contribution < -0.4 is 5.32 Å². The summed E-state index contributed by atoms with van der Waals surface area (Å²) in [6.45, 7) is 0. The van der Waals surface area contributed by atoms with Crippen molar-refractivity contribution in [3.05, 3.63) is 60.0 Å². The second kappa shape index (κ2) is 7.10. The van der Waals surface area contributed by atoms with Crippen LogP contribution >= 0.6 is 0 Å². The molecular weight excluding hydrogens is 361 g/mol. The highest BCUT2D eigenvalue weighted by Crippen LogP contribution is 2.32. The van der Waals surface area contributed by atoms with Crippen molar-refractivity contribution < 1.29 is 22.7 Å². The van der Waals surface area contributed by atoms with E-state index in [1.165, 1.54) is 13.2 Å². The van der Waals surface area contributed by atoms with Crippen LogP contribution in [0.15, 0.2) is 48.9 Å². The summed E-state index contributed by atoms with van der Waals surface area (Å²) in [5.74, 6) is -0.265. The summed E-state index contributed by atoms with van der Waals surface area (Å²) in [6.07, 6.45) is -0.326. The lowest BCUT2D eigenvalue weighted by atomic mass is 10.0. The molecule has 3 aromatic rings. The summed E-state index contributed by atoms with van der Waals surface area (Å²) in [7, 11) is 3.03. The molecule has 3 rings (SSSR count). The molecule has 2 heterocycles. The standard InChI is InChI=1S/C18H15F3N4O2/c1-25-10-12(8-23-25)14-7-11(17(26)27-2)3-5-15(14)24-16-6-4-13(9-22-16)18(19,20)21/h3-10H,1-2H3,(H,22,24). The number of alkyl halides is 3. The van der Waals surface area contributed by atoms with Crippen LogP contribution in [-0.2, 0) is 18.0 Å². The zero-order valence-corrected chi connectivity index (χ0v) is 14.4. The number of benzene rings is 1. The van der Waals surface area contributed by atoms with Crippen molar-refractivity contribution >= 4 is 17.5 Å². The van der Waals surface area contributed by atoms with E-state index >= 15 is 0 Å². The van der Waals surface area contributed by atoms with Gasteiger partial charge in [-0.2, -0.15) is 18.3 Å². The second-order valence-electron chi connectivity index (χ2n) is 5.71. The van der Waals surface area contributed by atoms with Crippen LogP contribution in [0.3, 0.4) is 0 Å². The Kier molecular flexibility index (Phi) is 4.85. The van der Waals surface area contributed by atoms with Crippen LogP contribution in [0.1, 0.15) is 15.9 Å². The molecule has 0 unspecified atom stereocenters. The molecule has 0 atom stereocenters. The highest BCUT2D eigenvalue weighted by Gasteiger charge is 2.30. The van der Waals surface area contributed by atoms with Gasteiger partial charge in [0.15, 0.2) is 0 Å². The van der Waals surface area contributed by atoms with Gasteiger partial charge in [-0.25, -0.2) is 9.78 Å². The van der Waals surface area contributed by atoms with E-state index < -0.39 is 17.7 Å². The van der Waals surface area contributed by atoms with E-state index in [0.29, 0.717) is 16.8 Å². The first kappa shape index (κ1) is 18.4. The number of aromatic nitrogens is 3. The van der Waals surface area contributed by atoms with Gasteiger partial charge in [-0.3, -0.25) is 4.68 Å². The lowest BCUT2D eigenvalue weighted by Crippen LogP contribution is -2.06. The summed E-state index contributed by atoms with van der Waals surface area (Å²) in [5, 5.41) is 7.08. The molecule has 2 aromatic heterocycles. The highest BCUT2D eigenvalue weighted by molar-refractivity contribution is 5.93. The number of ether oxygens (including phenoxy) is 1. The maximum Gasteiger partial charge on any atom is 0.417 e. The van der Waals surface area contributed by atoms with Crippen LogP contribution in [0, 0.1) is 0 Å². The lowest BCUT2D eigenvalue weighted by Gasteiger charge is -2.13. The highest BCUT2D eigenvalue weighted by atomic mass is 19.4. The molecule has 0 fully saturated rings. The number of carbonyl (C=O) groups excluding carboxylic acids is 1. The number of methoxy groups -OCH3 is 1. The number of nitrogens with one attached hydrogen (secondary N) is 1. The molecule has 140 valence electrons. The van der Waals surface area contributed by atoms with E-state index in [9.17, 15) is 18.0 Å². The van der Waals surface area contributed by atoms with E-state index in [4.69, 9.17) is 4.74 Å². The van der Waals surface area contributed by atoms with Crippen LogP contribution in [0.4, 0.5) is 24.7 Å². The maximum absolute atomic E-state index is 12.7. The van der Waals surface area contributed by atoms with E-state index in [0.717, 1.165) is 17.8 Å². The van der Waals surface area contributed by atoms with Crippen LogP contribution in [0.25, 0.3) is 11.1 Å². The molecule has 27 heavy (non-hydrogen) atoms. The van der Waals surface area contributed by atoms with Gasteiger partial charge in [0.05, 0.1) is 24.4 Å². The van der Waals surface area contributed by atoms with Gasteiger partial charge in [-0.15, -0.1) is 0 Å². The van der Waals surface area contributed by atoms with E-state index in [1.807, 2.05) is 0 Å². The summed E-state index contributed by atoms with van der Waals surface area (Å²) in [6, 6.07) is 6.99. The van der Waals surface area contributed by atoms with Crippen LogP contribution in [0.2, 0.25) is 0 Å². The fourth-order valence-corrected chi connectivity index (χ4v) is 2.47. The van der Waals surface area contributed by atoms with Gasteiger partial charge >= 0.3 is 12.1 Å². The Labute approximate surface area is 152 Å². The Balaban J connectivity index is 1.98. The molecule has 9 heteroatoms. The average Bonchev–Trinajstić information content (AvgIpc) is 3.07. The molecule has 0 aliphatic rings. The van der Waals surface area contributed by atoms with Crippen molar-refractivity contribution in [2.75, 3.05) is 12.4 Å². The lowest BCUT2D eigenvalue weighted by molar-refractivity contribution is -0.137. The minimum atomic E-state index is -4.45. The summed E-state index contributed by atoms with van der Waals surface area (Å²) < 4.78 is 44.4. The van der Waals surface area contributed by atoms with Gasteiger partial charge in [0.1, 0.15) is 5.82 Å². The van der Waals surface area contributed by atoms with E-state index in [1.54, 1.807) is 42.3 Å². The van der Waals surface area contributed by atoms with Gasteiger partial charge in [-0.05, 0) is 30.3 Å². The topological polar surface area (TPSA) is 69.0 Å². The number of halogens is 3. The molecule has 0 aliphatic carbocycles. The zero-order chi connectivity index (χ0) is 19.6. The fourth-order valence-electron chi connectivity index (χ4n) is 2.47. The Bertz CT molecular complexity index is 965. The molecule has 1 aromatic carbocycles. The van der Waals surface area contributed by atoms with E-state index in [-0.39, 0.29) is 5.82 Å². The van der Waals surface area contributed by atoms with Crippen molar-refractivity contribution in [2.45, 2.75) is 6.18 Å². The number of rotatable bonds is 4. The first-order valence-electron chi connectivity index (χ1n) is 7.79. The Hall–Kier alpha value is -3.36. The molecule has 0 bridgehead atoms. The van der Waals surface area contributed by atoms with Crippen molar-refractivity contribution in [2.24, 2.45) is 7.05 Å². The Morgan fingerprint density at radius 2 is 1.96 bits per heavy atom. The molecule has 0 aliphatic heterocycles. The predicted octanol–water partition coefficient (Wildman–Crippen LogP) is 4.03. The quantitative estimate of drug-likeness (QED) is 0.697. The largest absolute Gasteiger partial charge is 0.465 e. The number of anilines is 2. The third-order valence-electron chi connectivity index (χ3n) is 3.81. The smallest absolute Gasteiger partial charge is 0.417 e. The van der Waals surface area contributed by atoms with Crippen LogP contribution in [-0.4, -0.2) is 27.8 Å². The van der Waals surface area contributed by atoms with Crippen molar-refractivity contribution in [3.63, 3.8) is 0 Å². The van der Waals surface area contributed by atoms with Crippen molar-refractivity contribution in [1.29, 1.82) is 0 Å². The predicted molar refractivity (Wildman–Crippen MR) is 92.5 cm³/mol. The number of esters is 1. The normalized spacial score (nSPS) is 11.3. The van der Waals surface area contributed by atoms with Crippen LogP contribution in [0.5, 0.6) is 0 Å². The first-order valence-corrected chi connectivity index (χ1v) is 7.79. The molecule has 0 saturated carbocycles. The minimum Gasteiger partial charge on any atom is -0.465 e. The summed E-state index contributed by atoms with van der Waals surface area (Å²) >= 11 is 0. The SMILES string of the molecule is COC(=O)c1ccc(Nc2ccc(C(F)(F)F)cn2)c(-c2cnn(C)c2)c1. The third-order valence-corrected chi connectivity index (χ3v) is 3.81. The van der Waals surface area contributed by atoms with Gasteiger partial charge in [0.25, 0.3) is 0 Å². The van der Waals surface area contributed by atoms with Gasteiger partial charge < -0.3 is 10.1 Å². The van der Waals surface area contributed by atoms with Crippen molar-refractivity contribution in [3.8, 4) is 11.1 Å². The maximum atomic E-state index is 12.7. The Morgan fingerprint density at radius 3 is 2.52 bits per heavy atom. The average molecular weight is 376 g/mol. The minimum absolute atomic E-state index is 0.235. The molecule has 0 saturated heterocycles. The zero-order valence-electron chi connectivity index (χ0n) is 14.4. The fraction of sp³-hybridized carbons (Fsp3) is 0.167. The number of carbonyl (C=O) groups is 1. The number of pyridine rings is 1. The number of hydrogen-bond donors (Lipinski definition) is 1. The second-order valence-corrected chi connectivity index (χ2v) is 5.71. The molecule has 1 N–H and O–H groups in total. The van der Waals surface area contributed by atoms with Crippen molar-refractivity contribution in [1.82, 2.24) is 14.8 Å². The van der Waals surface area contributed by atoms with Gasteiger partial charge in [0.2, 0.25) is 0 Å².